The Kier molecular flexibility index (Phi) is 5.31. The van der Waals surface area contributed by atoms with E-state index in [9.17, 15) is 21.6 Å². The van der Waals surface area contributed by atoms with E-state index < -0.39 is 34.8 Å². The van der Waals surface area contributed by atoms with Gasteiger partial charge >= 0.3 is 0 Å². The second-order valence-corrected chi connectivity index (χ2v) is 8.01. The van der Waals surface area contributed by atoms with Crippen LogP contribution in [0.4, 0.5) is 18.9 Å². The van der Waals surface area contributed by atoms with Crippen LogP contribution in [0.3, 0.4) is 0 Å². The number of methoxy groups -OCH3 is 1. The Morgan fingerprint density at radius 3 is 2.77 bits per heavy atom. The molecule has 0 saturated carbocycles. The maximum Gasteiger partial charge on any atom is 0.272 e. The van der Waals surface area contributed by atoms with Gasteiger partial charge in [0.05, 0.1) is 18.1 Å². The quantitative estimate of drug-likeness (QED) is 0.443. The first kappa shape index (κ1) is 20.7. The van der Waals surface area contributed by atoms with Gasteiger partial charge in [-0.15, -0.1) is 0 Å². The number of hydrogen-bond acceptors (Lipinski definition) is 6. The molecule has 0 spiro atoms. The zero-order valence-corrected chi connectivity index (χ0v) is 16.7. The van der Waals surface area contributed by atoms with Crippen molar-refractivity contribution < 1.29 is 31.1 Å². The van der Waals surface area contributed by atoms with Crippen LogP contribution in [-0.2, 0) is 10.0 Å². The number of sulfonamides is 1. The summed E-state index contributed by atoms with van der Waals surface area (Å²) in [5.74, 6) is -2.22. The third-order valence-electron chi connectivity index (χ3n) is 4.37. The first-order valence-corrected chi connectivity index (χ1v) is 10.3. The van der Waals surface area contributed by atoms with Crippen molar-refractivity contribution in [1.82, 2.24) is 15.0 Å². The summed E-state index contributed by atoms with van der Waals surface area (Å²) in [4.78, 5) is 10.7. The van der Waals surface area contributed by atoms with Crippen molar-refractivity contribution in [2.75, 3.05) is 18.4 Å². The van der Waals surface area contributed by atoms with Gasteiger partial charge in [0.2, 0.25) is 5.88 Å². The van der Waals surface area contributed by atoms with Crippen LogP contribution in [0.2, 0.25) is 0 Å². The average molecular weight is 452 g/mol. The van der Waals surface area contributed by atoms with E-state index in [0.717, 1.165) is 18.6 Å². The van der Waals surface area contributed by atoms with Gasteiger partial charge in [-0.1, -0.05) is 18.2 Å². The Balaban J connectivity index is 1.72. The lowest BCUT2D eigenvalue weighted by Gasteiger charge is -2.13. The molecule has 0 unspecified atom stereocenters. The van der Waals surface area contributed by atoms with Gasteiger partial charge in [-0.3, -0.25) is 9.71 Å². The van der Waals surface area contributed by atoms with Gasteiger partial charge in [0, 0.05) is 29.2 Å². The predicted octanol–water partition coefficient (Wildman–Crippen LogP) is 3.70. The smallest absolute Gasteiger partial charge is 0.272 e. The molecule has 0 fully saturated rings. The molecule has 0 bridgehead atoms. The molecule has 0 aliphatic rings. The van der Waals surface area contributed by atoms with E-state index in [1.165, 1.54) is 6.20 Å². The van der Waals surface area contributed by atoms with Crippen LogP contribution < -0.4 is 14.2 Å². The van der Waals surface area contributed by atoms with E-state index in [1.54, 1.807) is 24.4 Å². The van der Waals surface area contributed by atoms with Crippen molar-refractivity contribution in [3.63, 3.8) is 0 Å². The lowest BCUT2D eigenvalue weighted by Crippen LogP contribution is -2.15. The van der Waals surface area contributed by atoms with E-state index in [2.05, 4.69) is 24.4 Å². The molecule has 4 aromatic rings. The van der Waals surface area contributed by atoms with Crippen molar-refractivity contribution in [1.29, 1.82) is 0 Å². The highest BCUT2D eigenvalue weighted by Crippen LogP contribution is 2.33. The van der Waals surface area contributed by atoms with Crippen molar-refractivity contribution in [3.05, 3.63) is 48.5 Å². The molecule has 12 heteroatoms. The SMILES string of the molecule is COc1nc(OCC(F)F)c(F)cc1NS(=O)(=O)c1cnc2c1ccc1ccc[nH]c12. The minimum atomic E-state index is -4.23. The molecule has 162 valence electrons. The number of benzene rings is 1. The van der Waals surface area contributed by atoms with Gasteiger partial charge in [-0.2, -0.15) is 4.98 Å². The number of aromatic nitrogens is 3. The number of anilines is 1. The number of nitrogens with zero attached hydrogens (tertiary/aromatic N) is 2. The van der Waals surface area contributed by atoms with Gasteiger partial charge in [-0.05, 0) is 6.07 Å². The molecular weight excluding hydrogens is 437 g/mol. The highest BCUT2D eigenvalue weighted by molar-refractivity contribution is 7.93. The van der Waals surface area contributed by atoms with Crippen LogP contribution in [0.1, 0.15) is 0 Å². The Morgan fingerprint density at radius 2 is 2.03 bits per heavy atom. The van der Waals surface area contributed by atoms with Crippen molar-refractivity contribution in [3.8, 4) is 11.8 Å². The summed E-state index contributed by atoms with van der Waals surface area (Å²) in [7, 11) is -3.06. The van der Waals surface area contributed by atoms with Crippen LogP contribution in [0, 0.1) is 5.82 Å². The molecule has 0 amide bonds. The Labute approximate surface area is 174 Å². The summed E-state index contributed by atoms with van der Waals surface area (Å²) in [6.07, 6.45) is 0.0422. The highest BCUT2D eigenvalue weighted by atomic mass is 32.2. The Bertz CT molecular complexity index is 1380. The zero-order valence-electron chi connectivity index (χ0n) is 15.9. The van der Waals surface area contributed by atoms with E-state index in [1.807, 2.05) is 6.07 Å². The third-order valence-corrected chi connectivity index (χ3v) is 5.76. The molecule has 0 radical (unpaired) electrons. The number of hydrogen-bond donors (Lipinski definition) is 2. The molecule has 8 nitrogen and oxygen atoms in total. The number of halogens is 3. The summed E-state index contributed by atoms with van der Waals surface area (Å²) >= 11 is 0. The Morgan fingerprint density at radius 1 is 1.23 bits per heavy atom. The number of nitrogens with one attached hydrogen (secondary N) is 2. The average Bonchev–Trinajstić information content (AvgIpc) is 3.18. The predicted molar refractivity (Wildman–Crippen MR) is 107 cm³/mol. The van der Waals surface area contributed by atoms with Crippen LogP contribution in [0.15, 0.2) is 47.6 Å². The number of pyridine rings is 2. The maximum absolute atomic E-state index is 14.2. The summed E-state index contributed by atoms with van der Waals surface area (Å²) in [6.45, 7) is -1.08. The van der Waals surface area contributed by atoms with E-state index >= 15 is 0 Å². The molecule has 0 aliphatic carbocycles. The molecule has 0 saturated heterocycles. The molecule has 3 heterocycles. The lowest BCUT2D eigenvalue weighted by atomic mass is 10.1. The fraction of sp³-hybridized carbons (Fsp3) is 0.158. The minimum absolute atomic E-state index is 0.137. The number of fused-ring (bicyclic) bond motifs is 3. The minimum Gasteiger partial charge on any atom is -0.479 e. The second-order valence-electron chi connectivity index (χ2n) is 6.36. The van der Waals surface area contributed by atoms with Gasteiger partial charge in [0.1, 0.15) is 10.6 Å². The molecule has 2 N–H and O–H groups in total. The number of rotatable bonds is 7. The van der Waals surface area contributed by atoms with Crippen LogP contribution in [-0.4, -0.2) is 43.5 Å². The van der Waals surface area contributed by atoms with Crippen LogP contribution >= 0.6 is 0 Å². The fourth-order valence-electron chi connectivity index (χ4n) is 3.05. The first-order valence-electron chi connectivity index (χ1n) is 8.83. The normalized spacial score (nSPS) is 11.9. The Hall–Kier alpha value is -3.54. The molecular formula is C19H15F3N4O4S. The summed E-state index contributed by atoms with van der Waals surface area (Å²) in [5.41, 5.74) is 0.781. The molecule has 0 atom stereocenters. The van der Waals surface area contributed by atoms with Crippen molar-refractivity contribution in [2.24, 2.45) is 0 Å². The zero-order chi connectivity index (χ0) is 22.2. The first-order chi connectivity index (χ1) is 14.8. The van der Waals surface area contributed by atoms with Crippen molar-refractivity contribution in [2.45, 2.75) is 11.3 Å². The summed E-state index contributed by atoms with van der Waals surface area (Å²) in [6, 6.07) is 7.75. The number of alkyl halides is 2. The largest absolute Gasteiger partial charge is 0.479 e. The van der Waals surface area contributed by atoms with Gasteiger partial charge < -0.3 is 14.5 Å². The van der Waals surface area contributed by atoms with Crippen molar-refractivity contribution >= 4 is 37.5 Å². The van der Waals surface area contributed by atoms with E-state index in [-0.39, 0.29) is 16.5 Å². The van der Waals surface area contributed by atoms with Crippen LogP contribution in [0.5, 0.6) is 11.8 Å². The van der Waals surface area contributed by atoms with E-state index in [4.69, 9.17) is 4.74 Å². The number of H-pyrrole nitrogens is 1. The topological polar surface area (TPSA) is 106 Å². The molecule has 0 aliphatic heterocycles. The molecule has 1 aromatic carbocycles. The summed E-state index contributed by atoms with van der Waals surface area (Å²) < 4.78 is 76.6. The standard InChI is InChI=1S/C19H15F3N4O4S/c1-29-19-13(7-12(20)18(25-19)30-9-15(21)22)26-31(27,28)14-8-24-17-11(14)5-4-10-3-2-6-23-16(10)17/h2-8,15,23,26H,9H2,1H3. The molecule has 3 aromatic heterocycles. The lowest BCUT2D eigenvalue weighted by molar-refractivity contribution is 0.0770. The van der Waals surface area contributed by atoms with Gasteiger partial charge in [-0.25, -0.2) is 21.6 Å². The van der Waals surface area contributed by atoms with E-state index in [0.29, 0.717) is 16.4 Å². The monoisotopic (exact) mass is 452 g/mol. The molecule has 31 heavy (non-hydrogen) atoms. The number of ether oxygens (including phenoxy) is 2. The fourth-order valence-corrected chi connectivity index (χ4v) is 4.24. The van der Waals surface area contributed by atoms with Gasteiger partial charge in [0.25, 0.3) is 22.3 Å². The third kappa shape index (κ3) is 3.93. The highest BCUT2D eigenvalue weighted by Gasteiger charge is 2.24. The van der Waals surface area contributed by atoms with Gasteiger partial charge in [0.15, 0.2) is 12.4 Å². The second kappa shape index (κ2) is 7.95. The van der Waals surface area contributed by atoms with Crippen LogP contribution in [0.25, 0.3) is 21.8 Å². The molecule has 4 rings (SSSR count). The number of aromatic amines is 1. The maximum atomic E-state index is 14.2. The summed E-state index contributed by atoms with van der Waals surface area (Å²) in [5, 5.41) is 1.20.